The minimum absolute atomic E-state index is 0. The first-order valence-electron chi connectivity index (χ1n) is 6.84. The van der Waals surface area contributed by atoms with Crippen molar-refractivity contribution < 1.29 is 0 Å². The molecule has 0 heterocycles. The Kier molecular flexibility index (Phi) is 14.1. The van der Waals surface area contributed by atoms with Gasteiger partial charge in [-0.3, -0.25) is 4.90 Å². The molecule has 0 bridgehead atoms. The molecule has 0 spiro atoms. The van der Waals surface area contributed by atoms with Gasteiger partial charge in [0.05, 0.1) is 6.17 Å². The van der Waals surface area contributed by atoms with Gasteiger partial charge in [0.1, 0.15) is 0 Å². The van der Waals surface area contributed by atoms with E-state index in [4.69, 9.17) is 5.73 Å². The standard InChI is InChI=1S/C15H26N2.2ClH/c1-3-5-12-17(13-6-4-2)15(16)14-10-8-7-9-11-14;;/h7-11,15H,3-6,12-13,16H2,1-2H3;2*1H. The Bertz CT molecular complexity index is 285. The highest BCUT2D eigenvalue weighted by Gasteiger charge is 2.14. The molecule has 0 radical (unpaired) electrons. The van der Waals surface area contributed by atoms with E-state index in [1.54, 1.807) is 0 Å². The summed E-state index contributed by atoms with van der Waals surface area (Å²) in [4.78, 5) is 2.41. The lowest BCUT2D eigenvalue weighted by Crippen LogP contribution is -2.36. The summed E-state index contributed by atoms with van der Waals surface area (Å²) in [5, 5.41) is 0. The molecule has 0 aliphatic carbocycles. The highest BCUT2D eigenvalue weighted by Crippen LogP contribution is 2.16. The van der Waals surface area contributed by atoms with Gasteiger partial charge in [0.2, 0.25) is 0 Å². The summed E-state index contributed by atoms with van der Waals surface area (Å²) in [6, 6.07) is 10.4. The lowest BCUT2D eigenvalue weighted by Gasteiger charge is -2.29. The molecule has 0 saturated heterocycles. The zero-order chi connectivity index (χ0) is 12.5. The number of hydrogen-bond acceptors (Lipinski definition) is 2. The van der Waals surface area contributed by atoms with Gasteiger partial charge in [-0.15, -0.1) is 24.8 Å². The van der Waals surface area contributed by atoms with Gasteiger partial charge in [-0.1, -0.05) is 57.0 Å². The van der Waals surface area contributed by atoms with Crippen LogP contribution in [0, 0.1) is 0 Å². The Morgan fingerprint density at radius 3 is 1.84 bits per heavy atom. The molecule has 0 aliphatic rings. The Labute approximate surface area is 130 Å². The van der Waals surface area contributed by atoms with E-state index >= 15 is 0 Å². The van der Waals surface area contributed by atoms with Crippen LogP contribution < -0.4 is 5.73 Å². The van der Waals surface area contributed by atoms with Crippen LogP contribution in [0.4, 0.5) is 0 Å². The number of benzene rings is 1. The third-order valence-corrected chi connectivity index (χ3v) is 3.13. The zero-order valence-corrected chi connectivity index (χ0v) is 13.7. The monoisotopic (exact) mass is 306 g/mol. The van der Waals surface area contributed by atoms with Crippen LogP contribution in [0.15, 0.2) is 30.3 Å². The molecule has 1 aromatic rings. The molecule has 1 aromatic carbocycles. The van der Waals surface area contributed by atoms with E-state index in [2.05, 4.69) is 43.0 Å². The fourth-order valence-electron chi connectivity index (χ4n) is 1.97. The largest absolute Gasteiger partial charge is 0.312 e. The molecular weight excluding hydrogens is 279 g/mol. The number of halogens is 2. The van der Waals surface area contributed by atoms with E-state index in [0.717, 1.165) is 13.1 Å². The molecule has 2 nitrogen and oxygen atoms in total. The first kappa shape index (κ1) is 21.0. The number of unbranched alkanes of at least 4 members (excludes halogenated alkanes) is 2. The lowest BCUT2D eigenvalue weighted by atomic mass is 10.1. The Hall–Kier alpha value is -0.280. The zero-order valence-electron chi connectivity index (χ0n) is 12.0. The van der Waals surface area contributed by atoms with E-state index in [1.165, 1.54) is 31.2 Å². The third-order valence-electron chi connectivity index (χ3n) is 3.13. The normalized spacial score (nSPS) is 11.6. The van der Waals surface area contributed by atoms with Crippen molar-refractivity contribution in [1.29, 1.82) is 0 Å². The summed E-state index contributed by atoms with van der Waals surface area (Å²) < 4.78 is 0. The van der Waals surface area contributed by atoms with Crippen LogP contribution in [-0.4, -0.2) is 18.0 Å². The molecule has 1 rings (SSSR count). The smallest absolute Gasteiger partial charge is 0.0835 e. The summed E-state index contributed by atoms with van der Waals surface area (Å²) in [6.45, 7) is 6.66. The van der Waals surface area contributed by atoms with Crippen molar-refractivity contribution in [3.8, 4) is 0 Å². The molecule has 4 heteroatoms. The molecule has 0 aromatic heterocycles. The van der Waals surface area contributed by atoms with Gasteiger partial charge in [-0.05, 0) is 31.5 Å². The molecule has 0 fully saturated rings. The average Bonchev–Trinajstić information content (AvgIpc) is 2.39. The van der Waals surface area contributed by atoms with Crippen molar-refractivity contribution in [3.63, 3.8) is 0 Å². The summed E-state index contributed by atoms with van der Waals surface area (Å²) in [5.74, 6) is 0. The number of nitrogens with two attached hydrogens (primary N) is 1. The Morgan fingerprint density at radius 2 is 1.42 bits per heavy atom. The molecule has 112 valence electrons. The minimum atomic E-state index is 0. The number of nitrogens with zero attached hydrogens (tertiary/aromatic N) is 1. The first-order valence-corrected chi connectivity index (χ1v) is 6.84. The van der Waals surface area contributed by atoms with E-state index in [9.17, 15) is 0 Å². The van der Waals surface area contributed by atoms with Crippen molar-refractivity contribution in [2.75, 3.05) is 13.1 Å². The molecule has 0 aliphatic heterocycles. The second-order valence-corrected chi connectivity index (χ2v) is 4.60. The van der Waals surface area contributed by atoms with Crippen molar-refractivity contribution in [2.45, 2.75) is 45.7 Å². The molecule has 19 heavy (non-hydrogen) atoms. The summed E-state index contributed by atoms with van der Waals surface area (Å²) in [6.07, 6.45) is 4.96. The van der Waals surface area contributed by atoms with E-state index in [1.807, 2.05) is 6.07 Å². The van der Waals surface area contributed by atoms with Crippen molar-refractivity contribution in [3.05, 3.63) is 35.9 Å². The van der Waals surface area contributed by atoms with Crippen LogP contribution in [0.5, 0.6) is 0 Å². The van der Waals surface area contributed by atoms with Gasteiger partial charge in [0, 0.05) is 0 Å². The van der Waals surface area contributed by atoms with E-state index < -0.39 is 0 Å². The third kappa shape index (κ3) is 7.78. The molecule has 1 unspecified atom stereocenters. The van der Waals surface area contributed by atoms with Crippen LogP contribution in [0.2, 0.25) is 0 Å². The molecule has 2 N–H and O–H groups in total. The first-order chi connectivity index (χ1) is 8.29. The maximum Gasteiger partial charge on any atom is 0.0835 e. The predicted octanol–water partition coefficient (Wildman–Crippen LogP) is 4.39. The summed E-state index contributed by atoms with van der Waals surface area (Å²) in [7, 11) is 0. The van der Waals surface area contributed by atoms with Crippen LogP contribution in [0.25, 0.3) is 0 Å². The van der Waals surface area contributed by atoms with Gasteiger partial charge in [0.25, 0.3) is 0 Å². The van der Waals surface area contributed by atoms with Gasteiger partial charge < -0.3 is 5.73 Å². The maximum absolute atomic E-state index is 6.35. The summed E-state index contributed by atoms with van der Waals surface area (Å²) >= 11 is 0. The SMILES string of the molecule is CCCCN(CCCC)C(N)c1ccccc1.Cl.Cl. The van der Waals surface area contributed by atoms with Gasteiger partial charge >= 0.3 is 0 Å². The van der Waals surface area contributed by atoms with Crippen molar-refractivity contribution in [2.24, 2.45) is 5.73 Å². The van der Waals surface area contributed by atoms with E-state index in [-0.39, 0.29) is 31.0 Å². The predicted molar refractivity (Wildman–Crippen MR) is 89.3 cm³/mol. The minimum Gasteiger partial charge on any atom is -0.312 e. The fraction of sp³-hybridized carbons (Fsp3) is 0.600. The second-order valence-electron chi connectivity index (χ2n) is 4.60. The van der Waals surface area contributed by atoms with Gasteiger partial charge in [-0.25, -0.2) is 0 Å². The molecular formula is C15H28Cl2N2. The molecule has 0 saturated carbocycles. The Morgan fingerprint density at radius 1 is 0.947 bits per heavy atom. The van der Waals surface area contributed by atoms with Crippen LogP contribution >= 0.6 is 24.8 Å². The molecule has 1 atom stereocenters. The van der Waals surface area contributed by atoms with Crippen LogP contribution in [0.1, 0.15) is 51.3 Å². The van der Waals surface area contributed by atoms with Crippen molar-refractivity contribution in [1.82, 2.24) is 4.90 Å². The average molecular weight is 307 g/mol. The topological polar surface area (TPSA) is 29.3 Å². The highest BCUT2D eigenvalue weighted by atomic mass is 35.5. The van der Waals surface area contributed by atoms with Crippen LogP contribution in [0.3, 0.4) is 0 Å². The second kappa shape index (κ2) is 12.7. The number of rotatable bonds is 8. The van der Waals surface area contributed by atoms with Crippen molar-refractivity contribution >= 4 is 24.8 Å². The molecule has 0 amide bonds. The van der Waals surface area contributed by atoms with Gasteiger partial charge in [-0.2, -0.15) is 0 Å². The summed E-state index contributed by atoms with van der Waals surface area (Å²) in [5.41, 5.74) is 7.57. The van der Waals surface area contributed by atoms with Gasteiger partial charge in [0.15, 0.2) is 0 Å². The quantitative estimate of drug-likeness (QED) is 0.722. The maximum atomic E-state index is 6.35. The van der Waals surface area contributed by atoms with E-state index in [0.29, 0.717) is 0 Å². The Balaban J connectivity index is 0. The fourth-order valence-corrected chi connectivity index (χ4v) is 1.97. The van der Waals surface area contributed by atoms with Crippen LogP contribution in [-0.2, 0) is 0 Å². The number of hydrogen-bond donors (Lipinski definition) is 1. The highest BCUT2D eigenvalue weighted by molar-refractivity contribution is 5.85. The lowest BCUT2D eigenvalue weighted by molar-refractivity contribution is 0.195.